The molecule has 1 fully saturated rings. The van der Waals surface area contributed by atoms with Gasteiger partial charge in [0.2, 0.25) is 10.0 Å². The first-order chi connectivity index (χ1) is 15.7. The van der Waals surface area contributed by atoms with Crippen LogP contribution in [0.2, 0.25) is 0 Å². The fourth-order valence-corrected chi connectivity index (χ4v) is 6.29. The smallest absolute Gasteiger partial charge is 0.317 e. The second kappa shape index (κ2) is 10.9. The second-order valence-electron chi connectivity index (χ2n) is 9.26. The Kier molecular flexibility index (Phi) is 8.42. The van der Waals surface area contributed by atoms with Crippen molar-refractivity contribution in [2.24, 2.45) is 5.92 Å². The maximum atomic E-state index is 13.5. The molecule has 0 saturated heterocycles. The molecule has 33 heavy (non-hydrogen) atoms. The van der Waals surface area contributed by atoms with Crippen LogP contribution in [0.15, 0.2) is 29.2 Å². The predicted molar refractivity (Wildman–Crippen MR) is 129 cm³/mol. The van der Waals surface area contributed by atoms with Crippen LogP contribution in [-0.2, 0) is 10.0 Å². The molecule has 2 amide bonds. The van der Waals surface area contributed by atoms with Crippen molar-refractivity contribution in [1.82, 2.24) is 14.5 Å². The highest BCUT2D eigenvalue weighted by Crippen LogP contribution is 2.34. The van der Waals surface area contributed by atoms with E-state index < -0.39 is 22.2 Å². The van der Waals surface area contributed by atoms with Crippen molar-refractivity contribution in [3.05, 3.63) is 29.8 Å². The van der Waals surface area contributed by atoms with E-state index >= 15 is 0 Å². The molecule has 1 aromatic carbocycles. The number of nitrogens with zero attached hydrogens (tertiary/aromatic N) is 2. The van der Waals surface area contributed by atoms with Gasteiger partial charge < -0.3 is 20.1 Å². The van der Waals surface area contributed by atoms with E-state index in [2.05, 4.69) is 5.32 Å². The van der Waals surface area contributed by atoms with E-state index in [1.54, 1.807) is 37.1 Å². The minimum atomic E-state index is -3.87. The summed E-state index contributed by atoms with van der Waals surface area (Å²) in [7, 11) is -2.13. The van der Waals surface area contributed by atoms with Crippen molar-refractivity contribution in [3.8, 4) is 5.75 Å². The fraction of sp³-hybridized carbons (Fsp3) is 0.625. The number of aliphatic hydroxyl groups excluding tert-OH is 1. The Morgan fingerprint density at radius 3 is 2.70 bits per heavy atom. The Hall–Kier alpha value is -2.10. The monoisotopic (exact) mass is 479 g/mol. The summed E-state index contributed by atoms with van der Waals surface area (Å²) in [5, 5.41) is 12.8. The number of likely N-dealkylation sites (N-methyl/N-ethyl adjacent to an activating group) is 1. The van der Waals surface area contributed by atoms with Gasteiger partial charge in [-0.15, -0.1) is 0 Å². The van der Waals surface area contributed by atoms with Crippen LogP contribution in [0.5, 0.6) is 5.75 Å². The summed E-state index contributed by atoms with van der Waals surface area (Å²) < 4.78 is 34.6. The van der Waals surface area contributed by atoms with E-state index in [1.165, 1.54) is 4.31 Å². The molecule has 0 radical (unpaired) electrons. The number of hydrogen-bond donors (Lipinski definition) is 2. The van der Waals surface area contributed by atoms with Gasteiger partial charge in [-0.3, -0.25) is 0 Å². The number of nitrogens with one attached hydrogen (secondary N) is 1. The maximum Gasteiger partial charge on any atom is 0.317 e. The number of fused-ring (bicyclic) bond motifs is 1. The number of ether oxygens (including phenoxy) is 1. The molecule has 1 aliphatic carbocycles. The first-order valence-corrected chi connectivity index (χ1v) is 13.2. The lowest BCUT2D eigenvalue weighted by Gasteiger charge is -2.37. The summed E-state index contributed by atoms with van der Waals surface area (Å²) in [5.74, 6) is 0.0518. The van der Waals surface area contributed by atoms with Gasteiger partial charge in [0.1, 0.15) is 16.7 Å². The van der Waals surface area contributed by atoms with Crippen LogP contribution < -0.4 is 10.1 Å². The second-order valence-corrected chi connectivity index (χ2v) is 11.1. The van der Waals surface area contributed by atoms with Crippen LogP contribution in [0, 0.1) is 5.92 Å². The van der Waals surface area contributed by atoms with E-state index in [0.717, 1.165) is 31.2 Å². The minimum absolute atomic E-state index is 0.0750. The van der Waals surface area contributed by atoms with Crippen LogP contribution in [0.1, 0.15) is 52.0 Å². The van der Waals surface area contributed by atoms with Crippen molar-refractivity contribution < 1.29 is 23.1 Å². The third kappa shape index (κ3) is 5.88. The molecule has 1 heterocycles. The molecule has 3 atom stereocenters. The first kappa shape index (κ1) is 25.5. The number of amides is 2. The lowest BCUT2D eigenvalue weighted by Crippen LogP contribution is -2.51. The Bertz CT molecular complexity index is 959. The quantitative estimate of drug-likeness (QED) is 0.653. The highest BCUT2D eigenvalue weighted by Gasteiger charge is 2.38. The summed E-state index contributed by atoms with van der Waals surface area (Å²) >= 11 is 0. The summed E-state index contributed by atoms with van der Waals surface area (Å²) in [6.45, 7) is 5.71. The normalized spacial score (nSPS) is 24.5. The molecule has 1 aromatic rings. The number of sulfonamides is 1. The van der Waals surface area contributed by atoms with E-state index in [4.69, 9.17) is 4.74 Å². The standard InChI is InChI=1S/C24H37N3O5S/c1-5-8-19-11-12-23-21(13-19)32-22(15-26(4)24(29)25-20-9-6-7-10-20)17(2)14-27(18(3)16-28)33(23,30)31/h5,8,11-13,17-18,20,22,28H,6-7,9-10,14-16H2,1-4H3,(H,25,29)/b8-5+/t17-,18+,22+/m1/s1. The fourth-order valence-electron chi connectivity index (χ4n) is 4.46. The lowest BCUT2D eigenvalue weighted by atomic mass is 10.0. The molecule has 184 valence electrons. The minimum Gasteiger partial charge on any atom is -0.487 e. The van der Waals surface area contributed by atoms with Crippen molar-refractivity contribution in [1.29, 1.82) is 0 Å². The number of carbonyl (C=O) groups is 1. The molecule has 0 aromatic heterocycles. The third-order valence-corrected chi connectivity index (χ3v) is 8.55. The average Bonchev–Trinajstić information content (AvgIpc) is 3.28. The number of aliphatic hydroxyl groups is 1. The van der Waals surface area contributed by atoms with Crippen molar-refractivity contribution in [2.75, 3.05) is 26.7 Å². The summed E-state index contributed by atoms with van der Waals surface area (Å²) in [6.07, 6.45) is 7.61. The molecule has 0 spiro atoms. The zero-order chi connectivity index (χ0) is 24.2. The van der Waals surface area contributed by atoms with Gasteiger partial charge in [0, 0.05) is 31.6 Å². The first-order valence-electron chi connectivity index (χ1n) is 11.7. The molecule has 2 aliphatic rings. The van der Waals surface area contributed by atoms with Crippen LogP contribution in [0.4, 0.5) is 4.79 Å². The Balaban J connectivity index is 1.92. The lowest BCUT2D eigenvalue weighted by molar-refractivity contribution is 0.0808. The number of benzene rings is 1. The molecule has 9 heteroatoms. The largest absolute Gasteiger partial charge is 0.487 e. The molecule has 2 N–H and O–H groups in total. The molecule has 3 rings (SSSR count). The Morgan fingerprint density at radius 1 is 1.36 bits per heavy atom. The molecule has 8 nitrogen and oxygen atoms in total. The van der Waals surface area contributed by atoms with Gasteiger partial charge in [0.05, 0.1) is 13.2 Å². The van der Waals surface area contributed by atoms with Gasteiger partial charge in [0.15, 0.2) is 0 Å². The van der Waals surface area contributed by atoms with Crippen molar-refractivity contribution >= 4 is 22.1 Å². The van der Waals surface area contributed by atoms with Gasteiger partial charge in [-0.2, -0.15) is 4.31 Å². The number of carbonyl (C=O) groups excluding carboxylic acids is 1. The van der Waals surface area contributed by atoms with Gasteiger partial charge in [0.25, 0.3) is 0 Å². The van der Waals surface area contributed by atoms with E-state index in [9.17, 15) is 18.3 Å². The molecule has 1 aliphatic heterocycles. The number of rotatable bonds is 6. The van der Waals surface area contributed by atoms with Crippen LogP contribution in [-0.4, -0.2) is 73.7 Å². The van der Waals surface area contributed by atoms with Crippen LogP contribution in [0.25, 0.3) is 6.08 Å². The van der Waals surface area contributed by atoms with Gasteiger partial charge in [-0.25, -0.2) is 13.2 Å². The molecule has 1 saturated carbocycles. The highest BCUT2D eigenvalue weighted by molar-refractivity contribution is 7.89. The van der Waals surface area contributed by atoms with Crippen LogP contribution in [0.3, 0.4) is 0 Å². The zero-order valence-corrected chi connectivity index (χ0v) is 20.8. The van der Waals surface area contributed by atoms with E-state index in [0.29, 0.717) is 6.54 Å². The van der Waals surface area contributed by atoms with Crippen LogP contribution >= 0.6 is 0 Å². The summed E-state index contributed by atoms with van der Waals surface area (Å²) in [5.41, 5.74) is 0.826. The van der Waals surface area contributed by atoms with E-state index in [1.807, 2.05) is 26.0 Å². The van der Waals surface area contributed by atoms with Gasteiger partial charge >= 0.3 is 6.03 Å². The number of urea groups is 1. The third-order valence-electron chi connectivity index (χ3n) is 6.53. The average molecular weight is 480 g/mol. The highest BCUT2D eigenvalue weighted by atomic mass is 32.2. The molecular weight excluding hydrogens is 442 g/mol. The SMILES string of the molecule is C/C=C/c1ccc2c(c1)O[C@@H](CN(C)C(=O)NC1CCCC1)[C@H](C)CN([C@@H](C)CO)S2(=O)=O. The molecular formula is C24H37N3O5S. The van der Waals surface area contributed by atoms with Gasteiger partial charge in [-0.05, 0) is 44.4 Å². The van der Waals surface area contributed by atoms with Gasteiger partial charge in [-0.1, -0.05) is 38.0 Å². The van der Waals surface area contributed by atoms with E-state index in [-0.39, 0.29) is 41.8 Å². The number of allylic oxidation sites excluding steroid dienone is 1. The maximum absolute atomic E-state index is 13.5. The molecule has 0 unspecified atom stereocenters. The van der Waals surface area contributed by atoms with Crippen molar-refractivity contribution in [2.45, 2.75) is 69.5 Å². The predicted octanol–water partition coefficient (Wildman–Crippen LogP) is 3.07. The molecule has 0 bridgehead atoms. The zero-order valence-electron chi connectivity index (χ0n) is 20.0. The summed E-state index contributed by atoms with van der Waals surface area (Å²) in [6, 6.07) is 4.51. The van der Waals surface area contributed by atoms with Crippen molar-refractivity contribution in [3.63, 3.8) is 0 Å². The Labute approximate surface area is 197 Å². The Morgan fingerprint density at radius 2 is 2.06 bits per heavy atom. The number of hydrogen-bond acceptors (Lipinski definition) is 5. The topological polar surface area (TPSA) is 99.2 Å². The summed E-state index contributed by atoms with van der Waals surface area (Å²) in [4.78, 5) is 14.4.